The van der Waals surface area contributed by atoms with Gasteiger partial charge in [-0.2, -0.15) is 0 Å². The summed E-state index contributed by atoms with van der Waals surface area (Å²) in [5.41, 5.74) is -0.00583. The van der Waals surface area contributed by atoms with Crippen LogP contribution >= 0.6 is 0 Å². The van der Waals surface area contributed by atoms with Crippen molar-refractivity contribution in [1.82, 2.24) is 24.8 Å². The number of nitrogens with zero attached hydrogens (tertiary/aromatic N) is 5. The van der Waals surface area contributed by atoms with Gasteiger partial charge >= 0.3 is 5.97 Å². The van der Waals surface area contributed by atoms with Gasteiger partial charge in [-0.3, -0.25) is 9.58 Å². The summed E-state index contributed by atoms with van der Waals surface area (Å²) in [6, 6.07) is 0. The average Bonchev–Trinajstić information content (AvgIpc) is 2.81. The van der Waals surface area contributed by atoms with Crippen molar-refractivity contribution in [1.29, 1.82) is 0 Å². The maximum atomic E-state index is 10.7. The van der Waals surface area contributed by atoms with Gasteiger partial charge in [0.2, 0.25) is 0 Å². The average molecular weight is 283 g/mol. The van der Waals surface area contributed by atoms with Crippen molar-refractivity contribution in [2.75, 3.05) is 40.3 Å². The third kappa shape index (κ3) is 6.12. The van der Waals surface area contributed by atoms with Gasteiger partial charge in [-0.1, -0.05) is 19.1 Å². The van der Waals surface area contributed by atoms with Gasteiger partial charge < -0.3 is 10.0 Å². The molecule has 1 aromatic heterocycles. The Labute approximate surface area is 120 Å². The first-order valence-electron chi connectivity index (χ1n) is 6.89. The molecule has 7 heteroatoms. The van der Waals surface area contributed by atoms with Crippen LogP contribution in [0.4, 0.5) is 0 Å². The Hall–Kier alpha value is -1.47. The molecule has 0 aliphatic rings. The second-order valence-corrected chi connectivity index (χ2v) is 5.67. The Morgan fingerprint density at radius 3 is 2.55 bits per heavy atom. The van der Waals surface area contributed by atoms with E-state index in [2.05, 4.69) is 48.1 Å². The number of carboxylic acids is 1. The normalized spacial score (nSPS) is 11.8. The molecule has 0 aromatic carbocycles. The number of aromatic nitrogens is 3. The van der Waals surface area contributed by atoms with Gasteiger partial charge in [0.05, 0.1) is 12.7 Å². The van der Waals surface area contributed by atoms with E-state index in [1.54, 1.807) is 4.68 Å². The Bertz CT molecular complexity index is 417. The third-order valence-electron chi connectivity index (χ3n) is 2.89. The summed E-state index contributed by atoms with van der Waals surface area (Å²) in [4.78, 5) is 15.3. The summed E-state index contributed by atoms with van der Waals surface area (Å²) in [6.45, 7) is 8.90. The Morgan fingerprint density at radius 1 is 1.35 bits per heavy atom. The second kappa shape index (κ2) is 7.96. The molecule has 1 aromatic rings. The largest absolute Gasteiger partial charge is 0.476 e. The van der Waals surface area contributed by atoms with E-state index >= 15 is 0 Å². The number of rotatable bonds is 9. The van der Waals surface area contributed by atoms with Crippen molar-refractivity contribution < 1.29 is 9.90 Å². The molecule has 1 rings (SSSR count). The van der Waals surface area contributed by atoms with Gasteiger partial charge in [0.15, 0.2) is 5.69 Å². The molecular weight excluding hydrogens is 258 g/mol. The Morgan fingerprint density at radius 2 is 2.05 bits per heavy atom. The molecule has 1 heterocycles. The van der Waals surface area contributed by atoms with Crippen LogP contribution < -0.4 is 0 Å². The van der Waals surface area contributed by atoms with Crippen LogP contribution in [0.25, 0.3) is 0 Å². The molecule has 7 nitrogen and oxygen atoms in total. The van der Waals surface area contributed by atoms with E-state index in [9.17, 15) is 4.79 Å². The number of hydrogen-bond donors (Lipinski definition) is 1. The number of carboxylic acid groups (broad SMARTS) is 1. The SMILES string of the molecule is CC(C)CN(CCN(C)C)CCn1cc(C(=O)O)nn1. The first kappa shape index (κ1) is 16.6. The minimum Gasteiger partial charge on any atom is -0.476 e. The quantitative estimate of drug-likeness (QED) is 0.711. The van der Waals surface area contributed by atoms with Gasteiger partial charge in [0.25, 0.3) is 0 Å². The molecule has 0 aliphatic heterocycles. The number of carbonyl (C=O) groups is 1. The van der Waals surface area contributed by atoms with Crippen LogP contribution in [0.2, 0.25) is 0 Å². The zero-order valence-electron chi connectivity index (χ0n) is 12.8. The molecule has 20 heavy (non-hydrogen) atoms. The molecule has 0 bridgehead atoms. The first-order valence-corrected chi connectivity index (χ1v) is 6.89. The Kier molecular flexibility index (Phi) is 6.60. The predicted molar refractivity (Wildman–Crippen MR) is 76.8 cm³/mol. The second-order valence-electron chi connectivity index (χ2n) is 5.67. The van der Waals surface area contributed by atoms with Crippen molar-refractivity contribution in [3.8, 4) is 0 Å². The van der Waals surface area contributed by atoms with Gasteiger partial charge in [-0.15, -0.1) is 5.10 Å². The van der Waals surface area contributed by atoms with E-state index in [0.29, 0.717) is 12.5 Å². The van der Waals surface area contributed by atoms with Gasteiger partial charge in [0, 0.05) is 26.2 Å². The van der Waals surface area contributed by atoms with Crippen LogP contribution in [0.1, 0.15) is 24.3 Å². The molecule has 0 saturated carbocycles. The van der Waals surface area contributed by atoms with Gasteiger partial charge in [0.1, 0.15) is 0 Å². The molecule has 1 N–H and O–H groups in total. The van der Waals surface area contributed by atoms with E-state index in [1.165, 1.54) is 6.20 Å². The molecule has 0 saturated heterocycles. The summed E-state index contributed by atoms with van der Waals surface area (Å²) >= 11 is 0. The monoisotopic (exact) mass is 283 g/mol. The van der Waals surface area contributed by atoms with E-state index in [0.717, 1.165) is 26.2 Å². The number of hydrogen-bond acceptors (Lipinski definition) is 5. The van der Waals surface area contributed by atoms with Crippen molar-refractivity contribution in [3.63, 3.8) is 0 Å². The lowest BCUT2D eigenvalue weighted by Gasteiger charge is -2.25. The molecule has 0 fully saturated rings. The predicted octanol–water partition coefficient (Wildman–Crippen LogP) is 0.496. The van der Waals surface area contributed by atoms with Crippen molar-refractivity contribution in [2.45, 2.75) is 20.4 Å². The molecule has 0 radical (unpaired) electrons. The van der Waals surface area contributed by atoms with E-state index in [4.69, 9.17) is 5.11 Å². The van der Waals surface area contributed by atoms with Crippen molar-refractivity contribution in [3.05, 3.63) is 11.9 Å². The highest BCUT2D eigenvalue weighted by molar-refractivity contribution is 5.84. The van der Waals surface area contributed by atoms with Crippen LogP contribution in [-0.4, -0.2) is 76.1 Å². The lowest BCUT2D eigenvalue weighted by Crippen LogP contribution is -2.36. The zero-order valence-corrected chi connectivity index (χ0v) is 12.8. The molecular formula is C13H25N5O2. The van der Waals surface area contributed by atoms with Crippen molar-refractivity contribution >= 4 is 5.97 Å². The van der Waals surface area contributed by atoms with Crippen LogP contribution in [0, 0.1) is 5.92 Å². The molecule has 0 atom stereocenters. The van der Waals surface area contributed by atoms with E-state index in [-0.39, 0.29) is 5.69 Å². The smallest absolute Gasteiger partial charge is 0.358 e. The van der Waals surface area contributed by atoms with E-state index < -0.39 is 5.97 Å². The number of aromatic carboxylic acids is 1. The van der Waals surface area contributed by atoms with Crippen LogP contribution in [0.3, 0.4) is 0 Å². The van der Waals surface area contributed by atoms with Crippen molar-refractivity contribution in [2.24, 2.45) is 5.92 Å². The minimum absolute atomic E-state index is 0.00583. The standard InChI is InChI=1S/C13H25N5O2/c1-11(2)9-17(6-5-16(3)4)7-8-18-10-12(13(19)20)14-15-18/h10-11H,5-9H2,1-4H3,(H,19,20). The maximum Gasteiger partial charge on any atom is 0.358 e. The van der Waals surface area contributed by atoms with Gasteiger partial charge in [-0.25, -0.2) is 4.79 Å². The lowest BCUT2D eigenvalue weighted by molar-refractivity contribution is 0.0690. The molecule has 0 unspecified atom stereocenters. The third-order valence-corrected chi connectivity index (χ3v) is 2.89. The lowest BCUT2D eigenvalue weighted by atomic mass is 10.2. The summed E-state index contributed by atoms with van der Waals surface area (Å²) in [7, 11) is 4.12. The van der Waals surface area contributed by atoms with Crippen LogP contribution in [-0.2, 0) is 6.54 Å². The number of likely N-dealkylation sites (N-methyl/N-ethyl adjacent to an activating group) is 1. The van der Waals surface area contributed by atoms with Gasteiger partial charge in [-0.05, 0) is 20.0 Å². The van der Waals surface area contributed by atoms with E-state index in [1.807, 2.05) is 0 Å². The minimum atomic E-state index is -1.04. The molecule has 114 valence electrons. The summed E-state index contributed by atoms with van der Waals surface area (Å²) < 4.78 is 1.59. The molecule has 0 aliphatic carbocycles. The maximum absolute atomic E-state index is 10.7. The highest BCUT2D eigenvalue weighted by atomic mass is 16.4. The summed E-state index contributed by atoms with van der Waals surface area (Å²) in [5.74, 6) is -0.439. The fraction of sp³-hybridized carbons (Fsp3) is 0.769. The topological polar surface area (TPSA) is 74.5 Å². The van der Waals surface area contributed by atoms with Crippen LogP contribution in [0.15, 0.2) is 6.20 Å². The molecule has 0 spiro atoms. The molecule has 0 amide bonds. The zero-order chi connectivity index (χ0) is 15.1. The summed E-state index contributed by atoms with van der Waals surface area (Å²) in [6.07, 6.45) is 1.47. The fourth-order valence-corrected chi connectivity index (χ4v) is 1.90. The Balaban J connectivity index is 2.48. The van der Waals surface area contributed by atoms with Crippen LogP contribution in [0.5, 0.6) is 0 Å². The highest BCUT2D eigenvalue weighted by Gasteiger charge is 2.11. The first-order chi connectivity index (χ1) is 9.38. The summed E-state index contributed by atoms with van der Waals surface area (Å²) in [5, 5.41) is 16.3. The highest BCUT2D eigenvalue weighted by Crippen LogP contribution is 2.00. The fourth-order valence-electron chi connectivity index (χ4n) is 1.90.